The van der Waals surface area contributed by atoms with Gasteiger partial charge in [0, 0.05) is 0 Å². The summed E-state index contributed by atoms with van der Waals surface area (Å²) in [5.74, 6) is 7.51. The van der Waals surface area contributed by atoms with Gasteiger partial charge in [-0.05, 0) is 61.2 Å². The second-order valence-electron chi connectivity index (χ2n) is 5.05. The molecule has 54 valence electrons. The van der Waals surface area contributed by atoms with Crippen LogP contribution in [-0.4, -0.2) is 0 Å². The lowest BCUT2D eigenvalue weighted by Gasteiger charge is -2.39. The summed E-state index contributed by atoms with van der Waals surface area (Å²) in [6.07, 6.45) is 6.49. The van der Waals surface area contributed by atoms with Gasteiger partial charge < -0.3 is 0 Å². The lowest BCUT2D eigenvalue weighted by Crippen LogP contribution is -2.34. The molecule has 0 amide bonds. The van der Waals surface area contributed by atoms with E-state index in [-0.39, 0.29) is 0 Å². The van der Waals surface area contributed by atoms with Crippen molar-refractivity contribution < 1.29 is 0 Å². The number of hydrogen-bond donors (Lipinski definition) is 0. The Morgan fingerprint density at radius 2 is 1.30 bits per heavy atom. The minimum absolute atomic E-state index is 1.22. The second-order valence-corrected chi connectivity index (χ2v) is 5.05. The molecule has 0 radical (unpaired) electrons. The summed E-state index contributed by atoms with van der Waals surface area (Å²) >= 11 is 0. The Labute approximate surface area is 62.0 Å². The first-order chi connectivity index (χ1) is 4.95. The van der Waals surface area contributed by atoms with E-state index >= 15 is 0 Å². The monoisotopic (exact) mass is 134 g/mol. The molecule has 0 nitrogen and oxygen atoms in total. The summed E-state index contributed by atoms with van der Waals surface area (Å²) in [5, 5.41) is 0. The van der Waals surface area contributed by atoms with Crippen LogP contribution in [0.25, 0.3) is 0 Å². The zero-order chi connectivity index (χ0) is 6.29. The van der Waals surface area contributed by atoms with Crippen LogP contribution in [-0.2, 0) is 0 Å². The van der Waals surface area contributed by atoms with Crippen LogP contribution in [0.5, 0.6) is 0 Å². The van der Waals surface area contributed by atoms with E-state index in [1.165, 1.54) is 35.5 Å². The maximum Gasteiger partial charge on any atom is -0.0321 e. The fraction of sp³-hybridized carbons (Fsp3) is 1.00. The highest BCUT2D eigenvalue weighted by atomic mass is 14.7. The lowest BCUT2D eigenvalue weighted by molar-refractivity contribution is 0.0851. The summed E-state index contributed by atoms with van der Waals surface area (Å²) < 4.78 is 0. The van der Waals surface area contributed by atoms with E-state index in [0.717, 1.165) is 0 Å². The van der Waals surface area contributed by atoms with Crippen molar-refractivity contribution in [1.82, 2.24) is 0 Å². The van der Waals surface area contributed by atoms with Gasteiger partial charge in [-0.15, -0.1) is 0 Å². The van der Waals surface area contributed by atoms with Crippen LogP contribution in [0.3, 0.4) is 0 Å². The van der Waals surface area contributed by atoms with Crippen molar-refractivity contribution in [2.45, 2.75) is 25.7 Å². The van der Waals surface area contributed by atoms with Crippen LogP contribution in [0.15, 0.2) is 0 Å². The lowest BCUT2D eigenvalue weighted by atomic mass is 9.66. The molecule has 4 rings (SSSR count). The minimum Gasteiger partial charge on any atom is -0.0499 e. The van der Waals surface area contributed by atoms with Gasteiger partial charge in [0.1, 0.15) is 0 Å². The van der Waals surface area contributed by atoms with Gasteiger partial charge in [-0.2, -0.15) is 0 Å². The van der Waals surface area contributed by atoms with Crippen molar-refractivity contribution in [2.75, 3.05) is 0 Å². The average Bonchev–Trinajstić information content (AvgIpc) is 2.38. The molecule has 0 heterocycles. The van der Waals surface area contributed by atoms with Crippen molar-refractivity contribution in [2.24, 2.45) is 35.5 Å². The highest BCUT2D eigenvalue weighted by Crippen LogP contribution is 2.76. The van der Waals surface area contributed by atoms with E-state index in [1.54, 1.807) is 25.7 Å². The average molecular weight is 134 g/mol. The molecular weight excluding hydrogens is 120 g/mol. The Hall–Kier alpha value is 0. The Bertz CT molecular complexity index is 176. The first-order valence-corrected chi connectivity index (χ1v) is 4.95. The molecule has 6 unspecified atom stereocenters. The number of fused-ring (bicyclic) bond motifs is 8. The van der Waals surface area contributed by atoms with Crippen LogP contribution in [0.2, 0.25) is 0 Å². The van der Waals surface area contributed by atoms with Gasteiger partial charge in [0.25, 0.3) is 0 Å². The third-order valence-electron chi connectivity index (χ3n) is 4.93. The van der Waals surface area contributed by atoms with Gasteiger partial charge >= 0.3 is 0 Å². The Kier molecular flexibility index (Phi) is 0.570. The van der Waals surface area contributed by atoms with Crippen LogP contribution in [0, 0.1) is 35.5 Å². The highest BCUT2D eigenvalue weighted by Gasteiger charge is 2.69. The highest BCUT2D eigenvalue weighted by molar-refractivity contribution is 5.17. The molecule has 2 bridgehead atoms. The van der Waals surface area contributed by atoms with E-state index in [4.69, 9.17) is 0 Å². The summed E-state index contributed by atoms with van der Waals surface area (Å²) in [6, 6.07) is 0. The molecule has 4 aliphatic carbocycles. The molecule has 0 aliphatic heterocycles. The normalized spacial score (nSPS) is 74.4. The fourth-order valence-electron chi connectivity index (χ4n) is 4.63. The SMILES string of the molecule is C1CC2CC1C1C3CC3C21. The Balaban J connectivity index is 1.80. The molecular formula is C10H14. The van der Waals surface area contributed by atoms with Crippen LogP contribution < -0.4 is 0 Å². The van der Waals surface area contributed by atoms with Gasteiger partial charge in [-0.25, -0.2) is 0 Å². The van der Waals surface area contributed by atoms with Gasteiger partial charge in [-0.3, -0.25) is 0 Å². The molecule has 4 saturated carbocycles. The first-order valence-electron chi connectivity index (χ1n) is 4.95. The summed E-state index contributed by atoms with van der Waals surface area (Å²) in [5.41, 5.74) is 0. The van der Waals surface area contributed by atoms with Crippen molar-refractivity contribution in [3.8, 4) is 0 Å². The number of rotatable bonds is 0. The summed E-state index contributed by atoms with van der Waals surface area (Å²) in [7, 11) is 0. The van der Waals surface area contributed by atoms with Crippen LogP contribution in [0.1, 0.15) is 25.7 Å². The Morgan fingerprint density at radius 3 is 1.90 bits per heavy atom. The van der Waals surface area contributed by atoms with Gasteiger partial charge in [0.15, 0.2) is 0 Å². The van der Waals surface area contributed by atoms with Gasteiger partial charge in [0.2, 0.25) is 0 Å². The molecule has 0 aromatic rings. The molecule has 4 fully saturated rings. The van der Waals surface area contributed by atoms with Crippen molar-refractivity contribution in [3.63, 3.8) is 0 Å². The predicted octanol–water partition coefficient (Wildman–Crippen LogP) is 2.30. The zero-order valence-electron chi connectivity index (χ0n) is 6.29. The molecule has 4 aliphatic rings. The predicted molar refractivity (Wildman–Crippen MR) is 39.4 cm³/mol. The largest absolute Gasteiger partial charge is 0.0499 e. The van der Waals surface area contributed by atoms with E-state index in [1.807, 2.05) is 0 Å². The van der Waals surface area contributed by atoms with Gasteiger partial charge in [0.05, 0.1) is 0 Å². The molecule has 0 saturated heterocycles. The summed E-state index contributed by atoms with van der Waals surface area (Å²) in [6.45, 7) is 0. The fourth-order valence-corrected chi connectivity index (χ4v) is 4.63. The molecule has 0 aromatic carbocycles. The van der Waals surface area contributed by atoms with Gasteiger partial charge in [-0.1, -0.05) is 0 Å². The third-order valence-corrected chi connectivity index (χ3v) is 4.93. The van der Waals surface area contributed by atoms with Crippen molar-refractivity contribution in [1.29, 1.82) is 0 Å². The molecule has 6 atom stereocenters. The maximum atomic E-state index is 1.64. The molecule has 0 spiro atoms. The van der Waals surface area contributed by atoms with Crippen LogP contribution in [0.4, 0.5) is 0 Å². The molecule has 0 N–H and O–H groups in total. The molecule has 0 heteroatoms. The van der Waals surface area contributed by atoms with Crippen LogP contribution >= 0.6 is 0 Å². The Morgan fingerprint density at radius 1 is 0.700 bits per heavy atom. The molecule has 0 aromatic heterocycles. The van der Waals surface area contributed by atoms with E-state index in [2.05, 4.69) is 0 Å². The maximum absolute atomic E-state index is 1.64. The number of hydrogen-bond acceptors (Lipinski definition) is 0. The topological polar surface area (TPSA) is 0 Å². The van der Waals surface area contributed by atoms with E-state index in [9.17, 15) is 0 Å². The first kappa shape index (κ1) is 4.79. The van der Waals surface area contributed by atoms with Crippen molar-refractivity contribution >= 4 is 0 Å². The summed E-state index contributed by atoms with van der Waals surface area (Å²) in [4.78, 5) is 0. The second kappa shape index (κ2) is 1.19. The smallest absolute Gasteiger partial charge is 0.0321 e. The van der Waals surface area contributed by atoms with Crippen molar-refractivity contribution in [3.05, 3.63) is 0 Å². The molecule has 10 heavy (non-hydrogen) atoms. The van der Waals surface area contributed by atoms with E-state index < -0.39 is 0 Å². The third kappa shape index (κ3) is 0.320. The zero-order valence-corrected chi connectivity index (χ0v) is 6.29. The standard InChI is InChI=1S/C10H14/c1-2-6-3-5(1)9-7-4-8(7)10(6)9/h5-10H,1-4H2. The minimum atomic E-state index is 1.22. The van der Waals surface area contributed by atoms with E-state index in [0.29, 0.717) is 0 Å². The quantitative estimate of drug-likeness (QED) is 0.477.